The summed E-state index contributed by atoms with van der Waals surface area (Å²) in [5.74, 6) is 0.619. The van der Waals surface area contributed by atoms with Crippen molar-refractivity contribution < 1.29 is 13.1 Å². The zero-order valence-corrected chi connectivity index (χ0v) is 11.7. The second-order valence-electron chi connectivity index (χ2n) is 3.84. The number of aromatic nitrogens is 2. The van der Waals surface area contributed by atoms with E-state index < -0.39 is 10.0 Å². The molecule has 0 unspecified atom stereocenters. The Morgan fingerprint density at radius 1 is 1.20 bits per heavy atom. The van der Waals surface area contributed by atoms with Gasteiger partial charge in [0.1, 0.15) is 0 Å². The van der Waals surface area contributed by atoms with Crippen LogP contribution in [-0.4, -0.2) is 25.9 Å². The van der Waals surface area contributed by atoms with Gasteiger partial charge in [-0.15, -0.1) is 0 Å². The first-order valence-corrected chi connectivity index (χ1v) is 7.48. The highest BCUT2D eigenvalue weighted by atomic mass is 32.2. The fourth-order valence-electron chi connectivity index (χ4n) is 1.41. The lowest BCUT2D eigenvalue weighted by atomic mass is 9.97. The summed E-state index contributed by atoms with van der Waals surface area (Å²) in [4.78, 5) is 7.75. The molecule has 20 heavy (non-hydrogen) atoms. The van der Waals surface area contributed by atoms with Gasteiger partial charge in [0.25, 0.3) is 10.0 Å². The second-order valence-corrected chi connectivity index (χ2v) is 5.52. The Kier molecular flexibility index (Phi) is 4.57. The molecule has 0 aliphatic carbocycles. The van der Waals surface area contributed by atoms with E-state index in [-0.39, 0.29) is 10.8 Å². The lowest BCUT2D eigenvalue weighted by molar-refractivity contribution is 0.591. The summed E-state index contributed by atoms with van der Waals surface area (Å²) in [7, 11) is -2.05. The Morgan fingerprint density at radius 2 is 1.85 bits per heavy atom. The van der Waals surface area contributed by atoms with Crippen LogP contribution in [0.5, 0.6) is 5.75 Å². The van der Waals surface area contributed by atoms with E-state index in [4.69, 9.17) is 4.65 Å². The van der Waals surface area contributed by atoms with Crippen LogP contribution in [0.15, 0.2) is 47.6 Å². The van der Waals surface area contributed by atoms with Crippen molar-refractivity contribution in [3.8, 4) is 5.75 Å². The third-order valence-corrected chi connectivity index (χ3v) is 3.66. The van der Waals surface area contributed by atoms with E-state index in [0.717, 1.165) is 6.32 Å². The molecule has 103 valence electrons. The SMILES string of the molecule is CC[B]Oc1ccc(S(=O)(=O)Nc2ncccn2)cc1. The minimum Gasteiger partial charge on any atom is -0.563 e. The fourth-order valence-corrected chi connectivity index (χ4v) is 2.37. The zero-order chi connectivity index (χ0) is 14.4. The third-order valence-electron chi connectivity index (χ3n) is 2.31. The van der Waals surface area contributed by atoms with Gasteiger partial charge in [-0.1, -0.05) is 6.92 Å². The van der Waals surface area contributed by atoms with Crippen LogP contribution in [0.4, 0.5) is 5.95 Å². The molecule has 0 atom stereocenters. The Labute approximate surface area is 118 Å². The maximum Gasteiger partial charge on any atom is 0.369 e. The molecule has 1 aromatic heterocycles. The van der Waals surface area contributed by atoms with E-state index in [0.29, 0.717) is 5.75 Å². The van der Waals surface area contributed by atoms with Crippen LogP contribution in [0.25, 0.3) is 0 Å². The summed E-state index contributed by atoms with van der Waals surface area (Å²) in [6.45, 7) is 1.95. The quantitative estimate of drug-likeness (QED) is 0.819. The molecule has 0 aliphatic rings. The molecule has 0 spiro atoms. The molecule has 0 aliphatic heterocycles. The van der Waals surface area contributed by atoms with Gasteiger partial charge in [0.15, 0.2) is 0 Å². The third kappa shape index (κ3) is 3.70. The summed E-state index contributed by atoms with van der Waals surface area (Å²) in [6.07, 6.45) is 3.69. The number of nitrogens with zero attached hydrogens (tertiary/aromatic N) is 2. The molecule has 2 aromatic rings. The van der Waals surface area contributed by atoms with Crippen LogP contribution in [0.1, 0.15) is 6.92 Å². The van der Waals surface area contributed by atoms with E-state index in [9.17, 15) is 8.42 Å². The first-order chi connectivity index (χ1) is 9.62. The Hall–Kier alpha value is -2.09. The van der Waals surface area contributed by atoms with Crippen molar-refractivity contribution >= 4 is 23.5 Å². The topological polar surface area (TPSA) is 81.2 Å². The van der Waals surface area contributed by atoms with Crippen LogP contribution in [0, 0.1) is 0 Å². The standard InChI is InChI=1S/C12H13BN3O3S/c1-2-13-19-10-4-6-11(7-5-10)20(17,18)16-12-14-8-3-9-15-12/h3-9H,2H2,1H3,(H,14,15,16). The van der Waals surface area contributed by atoms with Gasteiger partial charge in [0.05, 0.1) is 10.6 Å². The van der Waals surface area contributed by atoms with Gasteiger partial charge in [-0.25, -0.2) is 23.1 Å². The van der Waals surface area contributed by atoms with Crippen LogP contribution in [0.3, 0.4) is 0 Å². The fraction of sp³-hybridized carbons (Fsp3) is 0.167. The maximum absolute atomic E-state index is 12.1. The highest BCUT2D eigenvalue weighted by Crippen LogP contribution is 2.17. The monoisotopic (exact) mass is 290 g/mol. The van der Waals surface area contributed by atoms with Crippen molar-refractivity contribution in [2.45, 2.75) is 18.1 Å². The van der Waals surface area contributed by atoms with Gasteiger partial charge in [-0.05, 0) is 36.7 Å². The summed E-state index contributed by atoms with van der Waals surface area (Å²) >= 11 is 0. The molecule has 0 saturated carbocycles. The summed E-state index contributed by atoms with van der Waals surface area (Å²) in [5.41, 5.74) is 0. The normalized spacial score (nSPS) is 10.8. The molecular formula is C12H13BN3O3S. The first-order valence-electron chi connectivity index (χ1n) is 6.00. The number of hydrogen-bond donors (Lipinski definition) is 1. The molecule has 1 heterocycles. The second kappa shape index (κ2) is 6.38. The highest BCUT2D eigenvalue weighted by molar-refractivity contribution is 7.92. The molecule has 0 saturated heterocycles. The molecule has 1 aromatic carbocycles. The smallest absolute Gasteiger partial charge is 0.369 e. The van der Waals surface area contributed by atoms with E-state index in [1.165, 1.54) is 24.5 Å². The average Bonchev–Trinajstić information content (AvgIpc) is 2.46. The Bertz CT molecular complexity index is 647. The summed E-state index contributed by atoms with van der Waals surface area (Å²) in [5, 5.41) is 0. The van der Waals surface area contributed by atoms with Gasteiger partial charge < -0.3 is 4.65 Å². The van der Waals surface area contributed by atoms with Crippen LogP contribution >= 0.6 is 0 Å². The highest BCUT2D eigenvalue weighted by Gasteiger charge is 2.15. The number of rotatable bonds is 6. The van der Waals surface area contributed by atoms with E-state index in [1.807, 2.05) is 6.92 Å². The van der Waals surface area contributed by atoms with Gasteiger partial charge in [-0.2, -0.15) is 0 Å². The zero-order valence-electron chi connectivity index (χ0n) is 10.9. The Balaban J connectivity index is 2.13. The molecule has 0 fully saturated rings. The molecule has 2 rings (SSSR count). The molecule has 6 nitrogen and oxygen atoms in total. The molecule has 1 N–H and O–H groups in total. The van der Waals surface area contributed by atoms with Crippen LogP contribution in [0.2, 0.25) is 6.32 Å². The predicted molar refractivity (Wildman–Crippen MR) is 76.1 cm³/mol. The van der Waals surface area contributed by atoms with Gasteiger partial charge in [-0.3, -0.25) is 0 Å². The lowest BCUT2D eigenvalue weighted by Gasteiger charge is -2.08. The lowest BCUT2D eigenvalue weighted by Crippen LogP contribution is -2.14. The van der Waals surface area contributed by atoms with Crippen molar-refractivity contribution in [1.29, 1.82) is 0 Å². The Morgan fingerprint density at radius 3 is 2.45 bits per heavy atom. The van der Waals surface area contributed by atoms with Crippen LogP contribution < -0.4 is 9.38 Å². The maximum atomic E-state index is 12.1. The minimum absolute atomic E-state index is 0.0344. The molecule has 0 amide bonds. The summed E-state index contributed by atoms with van der Waals surface area (Å²) in [6, 6.07) is 7.71. The van der Waals surface area contributed by atoms with Crippen molar-refractivity contribution in [3.05, 3.63) is 42.7 Å². The average molecular weight is 290 g/mol. The first kappa shape index (κ1) is 14.3. The van der Waals surface area contributed by atoms with Crippen molar-refractivity contribution in [1.82, 2.24) is 9.97 Å². The minimum atomic E-state index is -3.69. The van der Waals surface area contributed by atoms with Crippen molar-refractivity contribution in [2.24, 2.45) is 0 Å². The number of nitrogens with one attached hydrogen (secondary N) is 1. The number of anilines is 1. The van der Waals surface area contributed by atoms with Gasteiger partial charge in [0.2, 0.25) is 5.95 Å². The predicted octanol–water partition coefficient (Wildman–Crippen LogP) is 1.71. The van der Waals surface area contributed by atoms with E-state index >= 15 is 0 Å². The number of benzene rings is 1. The largest absolute Gasteiger partial charge is 0.563 e. The van der Waals surface area contributed by atoms with Gasteiger partial charge in [0, 0.05) is 12.4 Å². The van der Waals surface area contributed by atoms with Crippen molar-refractivity contribution in [3.63, 3.8) is 0 Å². The van der Waals surface area contributed by atoms with Crippen molar-refractivity contribution in [2.75, 3.05) is 4.72 Å². The molecule has 1 radical (unpaired) electrons. The van der Waals surface area contributed by atoms with Gasteiger partial charge >= 0.3 is 7.48 Å². The summed E-state index contributed by atoms with van der Waals surface area (Å²) < 4.78 is 31.7. The molecule has 8 heteroatoms. The van der Waals surface area contributed by atoms with Crippen LogP contribution in [-0.2, 0) is 10.0 Å². The molecular weight excluding hydrogens is 277 g/mol. The molecule has 0 bridgehead atoms. The number of hydrogen-bond acceptors (Lipinski definition) is 5. The van der Waals surface area contributed by atoms with E-state index in [2.05, 4.69) is 14.7 Å². The van der Waals surface area contributed by atoms with E-state index in [1.54, 1.807) is 25.7 Å². The number of sulfonamides is 1.